The molecule has 2 N–H and O–H groups in total. The molecule has 0 radical (unpaired) electrons. The summed E-state index contributed by atoms with van der Waals surface area (Å²) < 4.78 is 1.45. The highest BCUT2D eigenvalue weighted by atomic mass is 32.1. The van der Waals surface area contributed by atoms with E-state index in [1.165, 1.54) is 16.0 Å². The SMILES string of the molecule is Cc1ccccc1NC(=O)c1sc(-n2[nH]c(C)c(CCC(C)C)c2=O)nc1C. The maximum Gasteiger partial charge on any atom is 0.276 e. The van der Waals surface area contributed by atoms with Crippen molar-refractivity contribution >= 4 is 22.9 Å². The van der Waals surface area contributed by atoms with Gasteiger partial charge in [-0.2, -0.15) is 4.68 Å². The molecule has 2 heterocycles. The first kappa shape index (κ1) is 20.1. The monoisotopic (exact) mass is 398 g/mol. The molecule has 1 aromatic carbocycles. The predicted octanol–water partition coefficient (Wildman–Crippen LogP) is 4.39. The average Bonchev–Trinajstić information content (AvgIpc) is 3.15. The predicted molar refractivity (Wildman–Crippen MR) is 114 cm³/mol. The van der Waals surface area contributed by atoms with Crippen LogP contribution in [0.15, 0.2) is 29.1 Å². The zero-order valence-corrected chi connectivity index (χ0v) is 17.7. The van der Waals surface area contributed by atoms with Crippen LogP contribution in [0.3, 0.4) is 0 Å². The van der Waals surface area contributed by atoms with Crippen molar-refractivity contribution in [3.8, 4) is 5.13 Å². The number of para-hydroxylation sites is 1. The van der Waals surface area contributed by atoms with Gasteiger partial charge < -0.3 is 5.32 Å². The summed E-state index contributed by atoms with van der Waals surface area (Å²) in [5, 5.41) is 6.52. The van der Waals surface area contributed by atoms with Gasteiger partial charge in [0.1, 0.15) is 4.88 Å². The second-order valence-corrected chi connectivity index (χ2v) is 8.45. The lowest BCUT2D eigenvalue weighted by Gasteiger charge is -2.06. The second-order valence-electron chi connectivity index (χ2n) is 7.47. The fraction of sp³-hybridized carbons (Fsp3) is 0.381. The topological polar surface area (TPSA) is 79.8 Å². The largest absolute Gasteiger partial charge is 0.321 e. The highest BCUT2D eigenvalue weighted by Crippen LogP contribution is 2.23. The zero-order valence-electron chi connectivity index (χ0n) is 16.9. The Balaban J connectivity index is 1.88. The number of nitrogens with zero attached hydrogens (tertiary/aromatic N) is 2. The molecule has 148 valence electrons. The van der Waals surface area contributed by atoms with Crippen LogP contribution in [0.5, 0.6) is 0 Å². The number of aryl methyl sites for hydroxylation is 3. The van der Waals surface area contributed by atoms with Crippen LogP contribution in [0.1, 0.15) is 52.5 Å². The number of aromatic nitrogens is 3. The standard InChI is InChI=1S/C21H26N4O2S/c1-12(2)10-11-16-14(4)24-25(20(16)27)21-22-15(5)18(28-21)19(26)23-17-9-7-6-8-13(17)3/h6-9,12,24H,10-11H2,1-5H3,(H,23,26). The number of aromatic amines is 1. The van der Waals surface area contributed by atoms with E-state index in [0.29, 0.717) is 21.6 Å². The Labute approximate surface area is 168 Å². The van der Waals surface area contributed by atoms with Crippen LogP contribution in [0.25, 0.3) is 5.13 Å². The Morgan fingerprint density at radius 2 is 1.96 bits per heavy atom. The van der Waals surface area contributed by atoms with Crippen LogP contribution in [-0.2, 0) is 6.42 Å². The first-order chi connectivity index (χ1) is 13.3. The van der Waals surface area contributed by atoms with Gasteiger partial charge in [-0.15, -0.1) is 0 Å². The summed E-state index contributed by atoms with van der Waals surface area (Å²) >= 11 is 1.21. The molecule has 0 unspecified atom stereocenters. The summed E-state index contributed by atoms with van der Waals surface area (Å²) in [5.74, 6) is 0.313. The Hall–Kier alpha value is -2.67. The number of H-pyrrole nitrogens is 1. The number of anilines is 1. The molecule has 7 heteroatoms. The van der Waals surface area contributed by atoms with E-state index in [1.807, 2.05) is 38.1 Å². The van der Waals surface area contributed by atoms with Gasteiger partial charge in [0.05, 0.1) is 5.69 Å². The van der Waals surface area contributed by atoms with Crippen LogP contribution in [0.2, 0.25) is 0 Å². The third kappa shape index (κ3) is 4.09. The minimum absolute atomic E-state index is 0.0854. The molecular formula is C21H26N4O2S. The molecule has 0 saturated heterocycles. The zero-order chi connectivity index (χ0) is 20.4. The summed E-state index contributed by atoms with van der Waals surface area (Å²) in [6.07, 6.45) is 1.69. The highest BCUT2D eigenvalue weighted by Gasteiger charge is 2.20. The smallest absolute Gasteiger partial charge is 0.276 e. The minimum Gasteiger partial charge on any atom is -0.321 e. The number of benzene rings is 1. The summed E-state index contributed by atoms with van der Waals surface area (Å²) in [5.41, 5.74) is 3.92. The number of rotatable bonds is 6. The molecule has 3 aromatic rings. The van der Waals surface area contributed by atoms with Gasteiger partial charge in [-0.1, -0.05) is 43.4 Å². The molecule has 28 heavy (non-hydrogen) atoms. The molecule has 0 fully saturated rings. The van der Waals surface area contributed by atoms with Crippen molar-refractivity contribution < 1.29 is 4.79 Å². The minimum atomic E-state index is -0.216. The summed E-state index contributed by atoms with van der Waals surface area (Å²) in [7, 11) is 0. The first-order valence-corrected chi connectivity index (χ1v) is 10.2. The lowest BCUT2D eigenvalue weighted by Crippen LogP contribution is -2.17. The molecule has 0 atom stereocenters. The van der Waals surface area contributed by atoms with Gasteiger partial charge in [-0.25, -0.2) is 4.98 Å². The molecule has 0 saturated carbocycles. The van der Waals surface area contributed by atoms with Crippen molar-refractivity contribution in [3.63, 3.8) is 0 Å². The molecular weight excluding hydrogens is 372 g/mol. The lowest BCUT2D eigenvalue weighted by atomic mass is 10.0. The first-order valence-electron chi connectivity index (χ1n) is 9.43. The van der Waals surface area contributed by atoms with Gasteiger partial charge in [0, 0.05) is 16.9 Å². The van der Waals surface area contributed by atoms with Crippen LogP contribution >= 0.6 is 11.3 Å². The van der Waals surface area contributed by atoms with Gasteiger partial charge in [-0.3, -0.25) is 14.7 Å². The van der Waals surface area contributed by atoms with E-state index >= 15 is 0 Å². The van der Waals surface area contributed by atoms with E-state index in [-0.39, 0.29) is 11.5 Å². The van der Waals surface area contributed by atoms with E-state index < -0.39 is 0 Å². The average molecular weight is 399 g/mol. The highest BCUT2D eigenvalue weighted by molar-refractivity contribution is 7.16. The maximum atomic E-state index is 12.8. The Kier molecular flexibility index (Phi) is 5.84. The second kappa shape index (κ2) is 8.14. The van der Waals surface area contributed by atoms with E-state index in [1.54, 1.807) is 6.92 Å². The van der Waals surface area contributed by atoms with Gasteiger partial charge in [0.15, 0.2) is 0 Å². The molecule has 1 amide bonds. The van der Waals surface area contributed by atoms with Crippen molar-refractivity contribution in [3.05, 3.63) is 62.0 Å². The molecule has 6 nitrogen and oxygen atoms in total. The van der Waals surface area contributed by atoms with Gasteiger partial charge in [0.2, 0.25) is 5.13 Å². The summed E-state index contributed by atoms with van der Waals surface area (Å²) in [6.45, 7) is 9.92. The van der Waals surface area contributed by atoms with Crippen molar-refractivity contribution in [2.75, 3.05) is 5.32 Å². The van der Waals surface area contributed by atoms with Crippen molar-refractivity contribution in [2.45, 2.75) is 47.5 Å². The lowest BCUT2D eigenvalue weighted by molar-refractivity contribution is 0.102. The fourth-order valence-corrected chi connectivity index (χ4v) is 3.95. The van der Waals surface area contributed by atoms with E-state index in [4.69, 9.17) is 0 Å². The Bertz CT molecular complexity index is 1060. The normalized spacial score (nSPS) is 11.2. The molecule has 0 aliphatic carbocycles. The molecule has 0 bridgehead atoms. The molecule has 0 aliphatic rings. The van der Waals surface area contributed by atoms with Gasteiger partial charge >= 0.3 is 0 Å². The van der Waals surface area contributed by atoms with Crippen molar-refractivity contribution in [1.82, 2.24) is 14.8 Å². The van der Waals surface area contributed by atoms with Crippen LogP contribution in [-0.4, -0.2) is 20.7 Å². The third-order valence-corrected chi connectivity index (χ3v) is 5.88. The number of hydrogen-bond donors (Lipinski definition) is 2. The fourth-order valence-electron chi connectivity index (χ4n) is 3.02. The quantitative estimate of drug-likeness (QED) is 0.646. The van der Waals surface area contributed by atoms with E-state index in [2.05, 4.69) is 29.2 Å². The number of carbonyl (C=O) groups is 1. The summed E-state index contributed by atoms with van der Waals surface area (Å²) in [6, 6.07) is 7.62. The van der Waals surface area contributed by atoms with Crippen molar-refractivity contribution in [1.29, 1.82) is 0 Å². The number of nitrogens with one attached hydrogen (secondary N) is 2. The molecule has 3 rings (SSSR count). The number of thiazole rings is 1. The third-order valence-electron chi connectivity index (χ3n) is 4.74. The molecule has 0 aliphatic heterocycles. The van der Waals surface area contributed by atoms with Gasteiger partial charge in [0.25, 0.3) is 11.5 Å². The Morgan fingerprint density at radius 3 is 2.64 bits per heavy atom. The molecule has 0 spiro atoms. The number of hydrogen-bond acceptors (Lipinski definition) is 4. The van der Waals surface area contributed by atoms with Crippen LogP contribution < -0.4 is 10.9 Å². The number of carbonyl (C=O) groups excluding carboxylic acids is 1. The summed E-state index contributed by atoms with van der Waals surface area (Å²) in [4.78, 5) is 30.5. The molecule has 2 aromatic heterocycles. The Morgan fingerprint density at radius 1 is 1.25 bits per heavy atom. The van der Waals surface area contributed by atoms with Crippen LogP contribution in [0, 0.1) is 26.7 Å². The maximum absolute atomic E-state index is 12.8. The number of amides is 1. The van der Waals surface area contributed by atoms with Crippen LogP contribution in [0.4, 0.5) is 5.69 Å². The van der Waals surface area contributed by atoms with E-state index in [9.17, 15) is 9.59 Å². The van der Waals surface area contributed by atoms with E-state index in [0.717, 1.165) is 35.3 Å². The van der Waals surface area contributed by atoms with Gasteiger partial charge in [-0.05, 0) is 51.2 Å². The van der Waals surface area contributed by atoms with Crippen molar-refractivity contribution in [2.24, 2.45) is 5.92 Å².